The molecule has 0 saturated carbocycles. The normalized spacial score (nSPS) is 15.4. The molecule has 0 atom stereocenters. The number of hydrogen-bond donors (Lipinski definition) is 1. The molecule has 0 aliphatic heterocycles. The Balaban J connectivity index is 2.51. The number of amides is 1. The third-order valence-corrected chi connectivity index (χ3v) is 2.70. The summed E-state index contributed by atoms with van der Waals surface area (Å²) in [7, 11) is 1.58. The molecular weight excluding hydrogens is 214 g/mol. The summed E-state index contributed by atoms with van der Waals surface area (Å²) < 4.78 is 0. The molecule has 0 heterocycles. The number of Topliss-reactive ketones (excluding diaryl/α,β-unsaturated/α-hetero) is 1. The van der Waals surface area contributed by atoms with Crippen LogP contribution in [0, 0.1) is 0 Å². The van der Waals surface area contributed by atoms with Crippen LogP contribution in [-0.2, 0) is 9.59 Å². The summed E-state index contributed by atoms with van der Waals surface area (Å²) in [5.41, 5.74) is 1.80. The Morgan fingerprint density at radius 2 is 2.12 bits per heavy atom. The van der Waals surface area contributed by atoms with Crippen LogP contribution in [0.15, 0.2) is 35.5 Å². The third-order valence-electron chi connectivity index (χ3n) is 2.70. The number of allylic oxidation sites excluding steroid dienone is 6. The van der Waals surface area contributed by atoms with E-state index in [-0.39, 0.29) is 24.5 Å². The first-order chi connectivity index (χ1) is 8.13. The highest BCUT2D eigenvalue weighted by Gasteiger charge is 2.08. The van der Waals surface area contributed by atoms with Gasteiger partial charge in [-0.3, -0.25) is 9.59 Å². The molecule has 1 amide bonds. The third kappa shape index (κ3) is 4.81. The minimum absolute atomic E-state index is 0.0356. The van der Waals surface area contributed by atoms with Crippen LogP contribution in [0.3, 0.4) is 0 Å². The van der Waals surface area contributed by atoms with Crippen LogP contribution in [-0.4, -0.2) is 18.7 Å². The fraction of sp³-hybridized carbons (Fsp3) is 0.429. The zero-order chi connectivity index (χ0) is 12.7. The molecule has 1 aliphatic rings. The Bertz CT molecular complexity index is 389. The Hall–Kier alpha value is -1.64. The number of carbonyl (C=O) groups is 2. The van der Waals surface area contributed by atoms with Gasteiger partial charge in [-0.25, -0.2) is 0 Å². The van der Waals surface area contributed by atoms with Crippen molar-refractivity contribution in [2.75, 3.05) is 7.05 Å². The van der Waals surface area contributed by atoms with Crippen LogP contribution in [0.25, 0.3) is 0 Å². The van der Waals surface area contributed by atoms with Crippen LogP contribution in [0.4, 0.5) is 0 Å². The Labute approximate surface area is 102 Å². The van der Waals surface area contributed by atoms with Crippen molar-refractivity contribution in [1.82, 2.24) is 5.32 Å². The van der Waals surface area contributed by atoms with Crippen LogP contribution < -0.4 is 5.32 Å². The predicted octanol–water partition coefficient (Wildman–Crippen LogP) is 2.30. The Morgan fingerprint density at radius 1 is 1.35 bits per heavy atom. The standard InChI is InChI=1S/C14H19NO2/c1-11(10-12-6-4-3-5-7-12)13(16)8-9-14(17)15-2/h4,6-7,10H,3,5,8-9H2,1-2H3,(H,15,17)/b11-10+. The van der Waals surface area contributed by atoms with Gasteiger partial charge in [0, 0.05) is 19.9 Å². The zero-order valence-electron chi connectivity index (χ0n) is 10.5. The van der Waals surface area contributed by atoms with Crippen molar-refractivity contribution in [1.29, 1.82) is 0 Å². The highest BCUT2D eigenvalue weighted by atomic mass is 16.2. The lowest BCUT2D eigenvalue weighted by atomic mass is 10.0. The van der Waals surface area contributed by atoms with Crippen molar-refractivity contribution in [3.63, 3.8) is 0 Å². The van der Waals surface area contributed by atoms with E-state index in [0.717, 1.165) is 18.4 Å². The number of hydrogen-bond acceptors (Lipinski definition) is 2. The Morgan fingerprint density at radius 3 is 2.71 bits per heavy atom. The summed E-state index contributed by atoms with van der Waals surface area (Å²) >= 11 is 0. The first-order valence-corrected chi connectivity index (χ1v) is 5.92. The second kappa shape index (κ2) is 6.84. The number of carbonyl (C=O) groups excluding carboxylic acids is 2. The lowest BCUT2D eigenvalue weighted by Gasteiger charge is -2.04. The molecule has 0 unspecified atom stereocenters. The van der Waals surface area contributed by atoms with E-state index in [1.807, 2.05) is 12.2 Å². The molecule has 1 N–H and O–H groups in total. The van der Waals surface area contributed by atoms with Crippen molar-refractivity contribution in [3.8, 4) is 0 Å². The van der Waals surface area contributed by atoms with E-state index in [0.29, 0.717) is 5.57 Å². The first kappa shape index (κ1) is 13.4. The monoisotopic (exact) mass is 233 g/mol. The van der Waals surface area contributed by atoms with Crippen LogP contribution in [0.5, 0.6) is 0 Å². The summed E-state index contributed by atoms with van der Waals surface area (Å²) in [6.07, 6.45) is 10.8. The van der Waals surface area contributed by atoms with Gasteiger partial charge in [0.1, 0.15) is 0 Å². The molecule has 0 fully saturated rings. The molecule has 0 spiro atoms. The van der Waals surface area contributed by atoms with E-state index in [9.17, 15) is 9.59 Å². The number of ketones is 1. The fourth-order valence-electron chi connectivity index (χ4n) is 1.62. The van der Waals surface area contributed by atoms with Gasteiger partial charge in [-0.05, 0) is 37.0 Å². The van der Waals surface area contributed by atoms with Crippen molar-refractivity contribution in [3.05, 3.63) is 35.5 Å². The molecule has 0 bridgehead atoms. The average Bonchev–Trinajstić information content (AvgIpc) is 2.36. The number of nitrogens with one attached hydrogen (secondary N) is 1. The molecule has 3 nitrogen and oxygen atoms in total. The van der Waals surface area contributed by atoms with Gasteiger partial charge < -0.3 is 5.32 Å². The SMILES string of the molecule is CNC(=O)CCC(=O)/C(C)=C/C1=CCCC=C1. The quantitative estimate of drug-likeness (QED) is 0.741. The summed E-state index contributed by atoms with van der Waals surface area (Å²) in [4.78, 5) is 22.8. The molecule has 3 heteroatoms. The second-order valence-electron chi connectivity index (χ2n) is 4.11. The summed E-state index contributed by atoms with van der Waals surface area (Å²) in [6.45, 7) is 1.80. The molecule has 17 heavy (non-hydrogen) atoms. The largest absolute Gasteiger partial charge is 0.359 e. The van der Waals surface area contributed by atoms with Crippen molar-refractivity contribution in [2.24, 2.45) is 0 Å². The summed E-state index contributed by atoms with van der Waals surface area (Å²) in [5, 5.41) is 2.51. The molecular formula is C14H19NO2. The van der Waals surface area contributed by atoms with Gasteiger partial charge in [-0.2, -0.15) is 0 Å². The van der Waals surface area contributed by atoms with Gasteiger partial charge in [0.2, 0.25) is 5.91 Å². The maximum absolute atomic E-state index is 11.7. The van der Waals surface area contributed by atoms with E-state index in [2.05, 4.69) is 17.5 Å². The van der Waals surface area contributed by atoms with Gasteiger partial charge >= 0.3 is 0 Å². The molecule has 0 saturated heterocycles. The smallest absolute Gasteiger partial charge is 0.220 e. The van der Waals surface area contributed by atoms with Gasteiger partial charge in [0.25, 0.3) is 0 Å². The lowest BCUT2D eigenvalue weighted by molar-refractivity contribution is -0.123. The molecule has 1 rings (SSSR count). The highest BCUT2D eigenvalue weighted by molar-refractivity contribution is 5.97. The summed E-state index contributed by atoms with van der Waals surface area (Å²) in [5.74, 6) is -0.0589. The van der Waals surface area contributed by atoms with Gasteiger partial charge in [-0.1, -0.05) is 18.2 Å². The van der Waals surface area contributed by atoms with E-state index in [4.69, 9.17) is 0 Å². The number of rotatable bonds is 5. The maximum Gasteiger partial charge on any atom is 0.220 e. The lowest BCUT2D eigenvalue weighted by Crippen LogP contribution is -2.18. The molecule has 0 aromatic carbocycles. The topological polar surface area (TPSA) is 46.2 Å². The average molecular weight is 233 g/mol. The predicted molar refractivity (Wildman–Crippen MR) is 68.5 cm³/mol. The van der Waals surface area contributed by atoms with Crippen LogP contribution >= 0.6 is 0 Å². The van der Waals surface area contributed by atoms with Gasteiger partial charge in [0.05, 0.1) is 0 Å². The van der Waals surface area contributed by atoms with Crippen molar-refractivity contribution < 1.29 is 9.59 Å². The van der Waals surface area contributed by atoms with E-state index >= 15 is 0 Å². The highest BCUT2D eigenvalue weighted by Crippen LogP contribution is 2.14. The van der Waals surface area contributed by atoms with E-state index in [1.165, 1.54) is 0 Å². The zero-order valence-corrected chi connectivity index (χ0v) is 10.5. The van der Waals surface area contributed by atoms with Gasteiger partial charge in [-0.15, -0.1) is 0 Å². The molecule has 0 aromatic rings. The van der Waals surface area contributed by atoms with Gasteiger partial charge in [0.15, 0.2) is 5.78 Å². The van der Waals surface area contributed by atoms with Crippen LogP contribution in [0.1, 0.15) is 32.6 Å². The Kier molecular flexibility index (Phi) is 5.40. The van der Waals surface area contributed by atoms with E-state index in [1.54, 1.807) is 14.0 Å². The molecule has 92 valence electrons. The molecule has 1 aliphatic carbocycles. The molecule has 0 radical (unpaired) electrons. The van der Waals surface area contributed by atoms with Crippen molar-refractivity contribution >= 4 is 11.7 Å². The minimum Gasteiger partial charge on any atom is -0.359 e. The minimum atomic E-state index is -0.0945. The molecule has 0 aromatic heterocycles. The first-order valence-electron chi connectivity index (χ1n) is 5.92. The maximum atomic E-state index is 11.7. The fourth-order valence-corrected chi connectivity index (χ4v) is 1.62. The summed E-state index contributed by atoms with van der Waals surface area (Å²) in [6, 6.07) is 0. The van der Waals surface area contributed by atoms with E-state index < -0.39 is 0 Å². The second-order valence-corrected chi connectivity index (χ2v) is 4.11. The van der Waals surface area contributed by atoms with Crippen molar-refractivity contribution in [2.45, 2.75) is 32.6 Å². The van der Waals surface area contributed by atoms with Crippen LogP contribution in [0.2, 0.25) is 0 Å².